The first kappa shape index (κ1) is 32.0. The molecular weight excluding hydrogens is 601 g/mol. The van der Waals surface area contributed by atoms with E-state index in [4.69, 9.17) is 0 Å². The Morgan fingerprint density at radius 2 is 1.73 bits per heavy atom. The van der Waals surface area contributed by atoms with E-state index in [-0.39, 0.29) is 11.7 Å². The second kappa shape index (κ2) is 13.3. The third kappa shape index (κ3) is 7.80. The fraction of sp³-hybridized carbons (Fsp3) is 0.303. The summed E-state index contributed by atoms with van der Waals surface area (Å²) in [6.45, 7) is 11.0. The van der Waals surface area contributed by atoms with E-state index in [0.717, 1.165) is 34.7 Å². The number of carbonyl (C=O) groups is 1. The van der Waals surface area contributed by atoms with Crippen molar-refractivity contribution in [2.45, 2.75) is 52.8 Å². The SMILES string of the molecule is CC(=NC(=O)N=C1SCCN1c1cc(C)ccc1C(C)C)C(C)c1ccc(-c2ncn(-c3ccc(OC(F)(F)F)cc3)n2)cc1. The molecule has 2 amide bonds. The number of nitrogens with zero attached hydrogens (tertiary/aromatic N) is 6. The molecule has 12 heteroatoms. The quantitative estimate of drug-likeness (QED) is 0.189. The molecule has 0 spiro atoms. The van der Waals surface area contributed by atoms with Crippen LogP contribution in [0.15, 0.2) is 83.0 Å². The minimum absolute atomic E-state index is 0.136. The molecule has 1 atom stereocenters. The van der Waals surface area contributed by atoms with Crippen molar-refractivity contribution in [2.24, 2.45) is 9.98 Å². The number of urea groups is 1. The zero-order valence-corrected chi connectivity index (χ0v) is 26.4. The third-order valence-electron chi connectivity index (χ3n) is 7.46. The van der Waals surface area contributed by atoms with Crippen LogP contribution in [0, 0.1) is 6.92 Å². The van der Waals surface area contributed by atoms with Crippen LogP contribution < -0.4 is 9.64 Å². The van der Waals surface area contributed by atoms with Gasteiger partial charge in [-0.15, -0.1) is 18.3 Å². The Morgan fingerprint density at radius 1 is 1.02 bits per heavy atom. The van der Waals surface area contributed by atoms with Crippen molar-refractivity contribution in [2.75, 3.05) is 17.2 Å². The summed E-state index contributed by atoms with van der Waals surface area (Å²) in [4.78, 5) is 28.1. The number of benzene rings is 3. The highest BCUT2D eigenvalue weighted by atomic mass is 32.2. The van der Waals surface area contributed by atoms with Crippen molar-refractivity contribution >= 4 is 34.4 Å². The average Bonchev–Trinajstić information content (AvgIpc) is 3.66. The van der Waals surface area contributed by atoms with Crippen molar-refractivity contribution in [3.63, 3.8) is 0 Å². The third-order valence-corrected chi connectivity index (χ3v) is 8.42. The van der Waals surface area contributed by atoms with Gasteiger partial charge in [-0.3, -0.25) is 0 Å². The molecule has 1 aliphatic heterocycles. The van der Waals surface area contributed by atoms with E-state index in [9.17, 15) is 18.0 Å². The lowest BCUT2D eigenvalue weighted by atomic mass is 9.96. The lowest BCUT2D eigenvalue weighted by molar-refractivity contribution is -0.274. The first-order valence-corrected chi connectivity index (χ1v) is 15.4. The normalized spacial score (nSPS) is 15.6. The topological polar surface area (TPSA) is 85.0 Å². The molecule has 1 fully saturated rings. The standard InChI is InChI=1S/C33H33F3N6O2S/c1-20(2)28-15-6-21(3)18-29(28)41-16-17-45-32(41)39-31(43)38-23(5)22(4)24-7-9-25(10-8-24)30-37-19-42(40-30)26-11-13-27(14-12-26)44-33(34,35)36/h6-15,18-20,22H,16-17H2,1-5H3. The number of halogens is 3. The van der Waals surface area contributed by atoms with Crippen LogP contribution in [0.25, 0.3) is 17.1 Å². The number of hydrogen-bond donors (Lipinski definition) is 0. The number of hydrogen-bond acceptors (Lipinski definition) is 5. The van der Waals surface area contributed by atoms with Crippen LogP contribution in [0.5, 0.6) is 5.75 Å². The average molecular weight is 635 g/mol. The summed E-state index contributed by atoms with van der Waals surface area (Å²) in [6, 6.07) is 18.9. The van der Waals surface area contributed by atoms with E-state index in [1.54, 1.807) is 11.8 Å². The second-order valence-corrected chi connectivity index (χ2v) is 12.1. The highest BCUT2D eigenvalue weighted by molar-refractivity contribution is 8.14. The number of amidine groups is 1. The smallest absolute Gasteiger partial charge is 0.406 e. The molecule has 0 N–H and O–H groups in total. The molecule has 2 heterocycles. The largest absolute Gasteiger partial charge is 0.573 e. The number of aliphatic imine (C=N–C) groups is 2. The molecule has 45 heavy (non-hydrogen) atoms. The number of carbonyl (C=O) groups excluding carboxylic acids is 1. The van der Waals surface area contributed by atoms with Gasteiger partial charge in [-0.2, -0.15) is 4.99 Å². The monoisotopic (exact) mass is 634 g/mol. The first-order chi connectivity index (χ1) is 21.4. The number of aromatic nitrogens is 3. The van der Waals surface area contributed by atoms with Gasteiger partial charge in [-0.25, -0.2) is 19.5 Å². The Labute approximate surface area is 264 Å². The van der Waals surface area contributed by atoms with Gasteiger partial charge in [0.05, 0.1) is 5.69 Å². The first-order valence-electron chi connectivity index (χ1n) is 14.4. The molecule has 4 aromatic rings. The van der Waals surface area contributed by atoms with Gasteiger partial charge in [-0.05, 0) is 66.8 Å². The molecule has 234 valence electrons. The van der Waals surface area contributed by atoms with E-state index in [1.165, 1.54) is 40.8 Å². The van der Waals surface area contributed by atoms with Crippen LogP contribution in [-0.4, -0.2) is 50.3 Å². The van der Waals surface area contributed by atoms with Gasteiger partial charge in [0.15, 0.2) is 11.0 Å². The van der Waals surface area contributed by atoms with Crippen molar-refractivity contribution < 1.29 is 22.7 Å². The zero-order valence-electron chi connectivity index (χ0n) is 25.5. The molecule has 8 nitrogen and oxygen atoms in total. The molecule has 1 unspecified atom stereocenters. The predicted molar refractivity (Wildman–Crippen MR) is 173 cm³/mol. The van der Waals surface area contributed by atoms with Crippen molar-refractivity contribution in [3.05, 3.63) is 89.7 Å². The Morgan fingerprint density at radius 3 is 2.40 bits per heavy atom. The molecule has 0 aliphatic carbocycles. The summed E-state index contributed by atoms with van der Waals surface area (Å²) in [5, 5.41) is 5.12. The summed E-state index contributed by atoms with van der Waals surface area (Å²) < 4.78 is 42.7. The van der Waals surface area contributed by atoms with E-state index in [0.29, 0.717) is 28.3 Å². The number of ether oxygens (including phenoxy) is 1. The summed E-state index contributed by atoms with van der Waals surface area (Å²) in [7, 11) is 0. The van der Waals surface area contributed by atoms with Crippen LogP contribution >= 0.6 is 11.8 Å². The second-order valence-electron chi connectivity index (χ2n) is 11.0. The van der Waals surface area contributed by atoms with Gasteiger partial charge in [0.1, 0.15) is 12.1 Å². The summed E-state index contributed by atoms with van der Waals surface area (Å²) in [5.41, 5.74) is 6.35. The molecule has 1 aliphatic rings. The Hall–Kier alpha value is -4.45. The van der Waals surface area contributed by atoms with E-state index in [1.807, 2.05) is 38.1 Å². The van der Waals surface area contributed by atoms with Gasteiger partial charge in [0, 0.05) is 35.2 Å². The maximum absolute atomic E-state index is 13.0. The maximum atomic E-state index is 13.0. The fourth-order valence-corrected chi connectivity index (χ4v) is 5.87. The number of alkyl halides is 3. The number of rotatable bonds is 7. The van der Waals surface area contributed by atoms with Crippen LogP contribution in [0.4, 0.5) is 23.7 Å². The van der Waals surface area contributed by atoms with Crippen molar-refractivity contribution in [3.8, 4) is 22.8 Å². The summed E-state index contributed by atoms with van der Waals surface area (Å²) in [5.74, 6) is 1.19. The minimum atomic E-state index is -4.75. The molecule has 5 rings (SSSR count). The Balaban J connectivity index is 1.26. The van der Waals surface area contributed by atoms with E-state index >= 15 is 0 Å². The number of aryl methyl sites for hydroxylation is 1. The zero-order chi connectivity index (χ0) is 32.3. The number of anilines is 1. The minimum Gasteiger partial charge on any atom is -0.406 e. The molecule has 0 bridgehead atoms. The molecule has 0 radical (unpaired) electrons. The Bertz CT molecular complexity index is 1730. The van der Waals surface area contributed by atoms with Crippen LogP contribution in [0.1, 0.15) is 56.2 Å². The van der Waals surface area contributed by atoms with Crippen molar-refractivity contribution in [1.82, 2.24) is 14.8 Å². The highest BCUT2D eigenvalue weighted by Crippen LogP contribution is 2.34. The van der Waals surface area contributed by atoms with Gasteiger partial charge in [-0.1, -0.05) is 68.9 Å². The molecular formula is C33H33F3N6O2S. The predicted octanol–water partition coefficient (Wildman–Crippen LogP) is 8.56. The molecule has 1 aromatic heterocycles. The number of thioether (sulfide) groups is 1. The molecule has 0 saturated carbocycles. The fourth-order valence-electron chi connectivity index (χ4n) is 4.93. The maximum Gasteiger partial charge on any atom is 0.573 e. The van der Waals surface area contributed by atoms with E-state index < -0.39 is 12.4 Å². The van der Waals surface area contributed by atoms with Gasteiger partial charge >= 0.3 is 12.4 Å². The lowest BCUT2D eigenvalue weighted by Gasteiger charge is -2.23. The molecule has 3 aromatic carbocycles. The van der Waals surface area contributed by atoms with Crippen molar-refractivity contribution in [1.29, 1.82) is 0 Å². The van der Waals surface area contributed by atoms with E-state index in [2.05, 4.69) is 68.7 Å². The van der Waals surface area contributed by atoms with Gasteiger partial charge < -0.3 is 9.64 Å². The van der Waals surface area contributed by atoms with Crippen LogP contribution in [0.3, 0.4) is 0 Å². The van der Waals surface area contributed by atoms with Crippen LogP contribution in [0.2, 0.25) is 0 Å². The summed E-state index contributed by atoms with van der Waals surface area (Å²) >= 11 is 1.56. The summed E-state index contributed by atoms with van der Waals surface area (Å²) in [6.07, 6.45) is -3.27. The van der Waals surface area contributed by atoms with Gasteiger partial charge in [0.2, 0.25) is 0 Å². The lowest BCUT2D eigenvalue weighted by Crippen LogP contribution is -2.26. The molecule has 1 saturated heterocycles. The number of amides is 2. The highest BCUT2D eigenvalue weighted by Gasteiger charge is 2.31. The Kier molecular flexibility index (Phi) is 9.42. The van der Waals surface area contributed by atoms with Crippen LogP contribution in [-0.2, 0) is 0 Å². The van der Waals surface area contributed by atoms with Gasteiger partial charge in [0.25, 0.3) is 0 Å².